The van der Waals surface area contributed by atoms with E-state index in [4.69, 9.17) is 0 Å². The van der Waals surface area contributed by atoms with E-state index < -0.39 is 0 Å². The summed E-state index contributed by atoms with van der Waals surface area (Å²) in [5.74, 6) is 4.22. The maximum atomic E-state index is 4.43. The zero-order valence-corrected chi connectivity index (χ0v) is 18.1. The Morgan fingerprint density at radius 2 is 1.96 bits per heavy atom. The summed E-state index contributed by atoms with van der Waals surface area (Å²) in [7, 11) is 1.86. The number of nitrogens with one attached hydrogen (secondary N) is 2. The molecule has 0 aromatic carbocycles. The molecule has 6 nitrogen and oxygen atoms in total. The van der Waals surface area contributed by atoms with Gasteiger partial charge in [-0.1, -0.05) is 38.5 Å². The molecule has 0 bridgehead atoms. The van der Waals surface area contributed by atoms with Crippen molar-refractivity contribution in [2.45, 2.75) is 103 Å². The summed E-state index contributed by atoms with van der Waals surface area (Å²) in [6, 6.07) is 0.473. The molecule has 0 radical (unpaired) electrons. The van der Waals surface area contributed by atoms with Crippen LogP contribution in [-0.4, -0.2) is 40.4 Å². The Bertz CT molecular complexity index is 602. The van der Waals surface area contributed by atoms with Crippen molar-refractivity contribution in [1.29, 1.82) is 0 Å². The molecule has 0 spiro atoms. The molecule has 1 aliphatic heterocycles. The first-order valence-corrected chi connectivity index (χ1v) is 11.6. The van der Waals surface area contributed by atoms with Gasteiger partial charge in [0.15, 0.2) is 5.96 Å². The number of nitrogens with zero attached hydrogens (tertiary/aromatic N) is 4. The van der Waals surface area contributed by atoms with Crippen LogP contribution in [0.25, 0.3) is 0 Å². The van der Waals surface area contributed by atoms with Crippen molar-refractivity contribution < 1.29 is 0 Å². The predicted molar refractivity (Wildman–Crippen MR) is 116 cm³/mol. The standard InChI is InChI=1S/C22H40N6/c1-18(14-15-19-10-5-3-6-11-19)25-22(23-2)24-16-9-13-21-27-26-20-12-7-4-8-17-28(20)21/h18-19H,3-17H2,1-2H3,(H2,23,24,25). The fraction of sp³-hybridized carbons (Fsp3) is 0.864. The van der Waals surface area contributed by atoms with E-state index in [1.54, 1.807) is 0 Å². The number of guanidine groups is 1. The lowest BCUT2D eigenvalue weighted by molar-refractivity contribution is 0.322. The minimum Gasteiger partial charge on any atom is -0.356 e. The van der Waals surface area contributed by atoms with Crippen molar-refractivity contribution in [3.8, 4) is 0 Å². The fourth-order valence-corrected chi connectivity index (χ4v) is 4.65. The summed E-state index contributed by atoms with van der Waals surface area (Å²) in [5, 5.41) is 15.9. The molecule has 1 aliphatic carbocycles. The van der Waals surface area contributed by atoms with Crippen LogP contribution in [0, 0.1) is 5.92 Å². The minimum absolute atomic E-state index is 0.473. The molecule has 1 fully saturated rings. The van der Waals surface area contributed by atoms with E-state index in [2.05, 4.69) is 37.3 Å². The molecule has 1 atom stereocenters. The van der Waals surface area contributed by atoms with Crippen molar-refractivity contribution in [3.05, 3.63) is 11.6 Å². The van der Waals surface area contributed by atoms with Gasteiger partial charge in [0, 0.05) is 39.0 Å². The van der Waals surface area contributed by atoms with Crippen molar-refractivity contribution in [1.82, 2.24) is 25.4 Å². The lowest BCUT2D eigenvalue weighted by Crippen LogP contribution is -2.42. The molecule has 1 aromatic heterocycles. The monoisotopic (exact) mass is 388 g/mol. The first-order chi connectivity index (χ1) is 13.8. The highest BCUT2D eigenvalue weighted by molar-refractivity contribution is 5.79. The molecule has 6 heteroatoms. The van der Waals surface area contributed by atoms with E-state index in [1.165, 1.54) is 70.0 Å². The highest BCUT2D eigenvalue weighted by Gasteiger charge is 2.16. The van der Waals surface area contributed by atoms with Crippen molar-refractivity contribution in [2.75, 3.05) is 13.6 Å². The quantitative estimate of drug-likeness (QED) is 0.403. The van der Waals surface area contributed by atoms with Crippen LogP contribution in [0.1, 0.15) is 89.2 Å². The molecule has 158 valence electrons. The summed E-state index contributed by atoms with van der Waals surface area (Å²) >= 11 is 0. The molecule has 2 heterocycles. The van der Waals surface area contributed by atoms with Crippen LogP contribution in [-0.2, 0) is 19.4 Å². The lowest BCUT2D eigenvalue weighted by atomic mass is 9.85. The number of aromatic nitrogens is 3. The summed E-state index contributed by atoms with van der Waals surface area (Å²) < 4.78 is 2.35. The van der Waals surface area contributed by atoms with Gasteiger partial charge in [0.05, 0.1) is 0 Å². The van der Waals surface area contributed by atoms with Gasteiger partial charge in [-0.25, -0.2) is 0 Å². The van der Waals surface area contributed by atoms with E-state index in [1.807, 2.05) is 7.05 Å². The van der Waals surface area contributed by atoms with Crippen LogP contribution < -0.4 is 10.6 Å². The number of hydrogen-bond donors (Lipinski definition) is 2. The van der Waals surface area contributed by atoms with Crippen LogP contribution in [0.15, 0.2) is 4.99 Å². The predicted octanol–water partition coefficient (Wildman–Crippen LogP) is 3.85. The van der Waals surface area contributed by atoms with Gasteiger partial charge in [0.2, 0.25) is 0 Å². The average molecular weight is 389 g/mol. The SMILES string of the molecule is CN=C(NCCCc1nnc2n1CCCCC2)NC(C)CCC1CCCCC1. The molecule has 3 rings (SSSR count). The van der Waals surface area contributed by atoms with E-state index in [0.717, 1.165) is 50.1 Å². The number of hydrogen-bond acceptors (Lipinski definition) is 3. The molecule has 1 saturated carbocycles. The van der Waals surface area contributed by atoms with Crippen LogP contribution in [0.4, 0.5) is 0 Å². The smallest absolute Gasteiger partial charge is 0.191 e. The van der Waals surface area contributed by atoms with Crippen LogP contribution in [0.2, 0.25) is 0 Å². The van der Waals surface area contributed by atoms with Gasteiger partial charge < -0.3 is 15.2 Å². The molecule has 0 saturated heterocycles. The molecule has 2 aliphatic rings. The maximum absolute atomic E-state index is 4.43. The van der Waals surface area contributed by atoms with E-state index >= 15 is 0 Å². The van der Waals surface area contributed by atoms with Gasteiger partial charge in [-0.3, -0.25) is 4.99 Å². The second kappa shape index (κ2) is 11.4. The highest BCUT2D eigenvalue weighted by atomic mass is 15.3. The summed E-state index contributed by atoms with van der Waals surface area (Å²) in [4.78, 5) is 4.40. The Hall–Kier alpha value is -1.59. The molecule has 28 heavy (non-hydrogen) atoms. The minimum atomic E-state index is 0.473. The number of aliphatic imine (C=N–C) groups is 1. The zero-order valence-electron chi connectivity index (χ0n) is 18.1. The molecule has 1 aromatic rings. The Morgan fingerprint density at radius 1 is 1.14 bits per heavy atom. The largest absolute Gasteiger partial charge is 0.356 e. The average Bonchev–Trinajstić information content (AvgIpc) is 2.95. The number of rotatable bonds is 8. The highest BCUT2D eigenvalue weighted by Crippen LogP contribution is 2.27. The van der Waals surface area contributed by atoms with E-state index in [9.17, 15) is 0 Å². The summed E-state index contributed by atoms with van der Waals surface area (Å²) in [5.41, 5.74) is 0. The van der Waals surface area contributed by atoms with Crippen LogP contribution in [0.5, 0.6) is 0 Å². The number of aryl methyl sites for hydroxylation is 2. The Labute approximate surface area is 171 Å². The van der Waals surface area contributed by atoms with E-state index in [-0.39, 0.29) is 0 Å². The Morgan fingerprint density at radius 3 is 2.79 bits per heavy atom. The summed E-state index contributed by atoms with van der Waals surface area (Å²) in [6.45, 7) is 4.28. The van der Waals surface area contributed by atoms with Crippen molar-refractivity contribution in [3.63, 3.8) is 0 Å². The second-order valence-electron chi connectivity index (χ2n) is 8.72. The third-order valence-electron chi connectivity index (χ3n) is 6.40. The van der Waals surface area contributed by atoms with Gasteiger partial charge in [-0.15, -0.1) is 10.2 Å². The molecular formula is C22H40N6. The third-order valence-corrected chi connectivity index (χ3v) is 6.40. The normalized spacial score (nSPS) is 19.7. The first-order valence-electron chi connectivity index (χ1n) is 11.6. The van der Waals surface area contributed by atoms with Crippen LogP contribution >= 0.6 is 0 Å². The fourth-order valence-electron chi connectivity index (χ4n) is 4.65. The Balaban J connectivity index is 1.33. The van der Waals surface area contributed by atoms with Gasteiger partial charge in [0.1, 0.15) is 11.6 Å². The van der Waals surface area contributed by atoms with Crippen LogP contribution in [0.3, 0.4) is 0 Å². The molecular weight excluding hydrogens is 348 g/mol. The zero-order chi connectivity index (χ0) is 19.6. The molecule has 2 N–H and O–H groups in total. The van der Waals surface area contributed by atoms with E-state index in [0.29, 0.717) is 6.04 Å². The lowest BCUT2D eigenvalue weighted by Gasteiger charge is -2.24. The van der Waals surface area contributed by atoms with Gasteiger partial charge in [-0.05, 0) is 44.9 Å². The van der Waals surface area contributed by atoms with Crippen molar-refractivity contribution >= 4 is 5.96 Å². The molecule has 0 amide bonds. The second-order valence-corrected chi connectivity index (χ2v) is 8.72. The Kier molecular flexibility index (Phi) is 8.62. The summed E-state index contributed by atoms with van der Waals surface area (Å²) in [6.07, 6.45) is 16.7. The topological polar surface area (TPSA) is 67.1 Å². The van der Waals surface area contributed by atoms with Crippen molar-refractivity contribution in [2.24, 2.45) is 10.9 Å². The molecule has 1 unspecified atom stereocenters. The van der Waals surface area contributed by atoms with Gasteiger partial charge in [-0.2, -0.15) is 0 Å². The number of fused-ring (bicyclic) bond motifs is 1. The third kappa shape index (κ3) is 6.49. The van der Waals surface area contributed by atoms with Gasteiger partial charge >= 0.3 is 0 Å². The van der Waals surface area contributed by atoms with Gasteiger partial charge in [0.25, 0.3) is 0 Å². The first kappa shape index (κ1) is 21.1. The maximum Gasteiger partial charge on any atom is 0.191 e.